The van der Waals surface area contributed by atoms with E-state index in [2.05, 4.69) is 10.2 Å². The Morgan fingerprint density at radius 3 is 2.70 bits per heavy atom. The number of hydrogen-bond donors (Lipinski definition) is 0. The van der Waals surface area contributed by atoms with Gasteiger partial charge in [0, 0.05) is 13.1 Å². The van der Waals surface area contributed by atoms with Crippen molar-refractivity contribution in [2.45, 2.75) is 25.1 Å². The zero-order chi connectivity index (χ0) is 16.4. The Hall–Kier alpha value is -2.38. The summed E-state index contributed by atoms with van der Waals surface area (Å²) in [4.78, 5) is 15.5. The predicted octanol–water partition coefficient (Wildman–Crippen LogP) is 2.31. The molecule has 3 rings (SSSR count). The van der Waals surface area contributed by atoms with Crippen LogP contribution in [0.25, 0.3) is 0 Å². The van der Waals surface area contributed by atoms with Crippen molar-refractivity contribution in [2.75, 3.05) is 13.1 Å². The van der Waals surface area contributed by atoms with E-state index in [0.29, 0.717) is 18.7 Å². The molecule has 1 unspecified atom stereocenters. The SMILES string of the molecule is O=C(Cc1cccc(C(F)(F)F)c1)N1CCC(n2nccn2)C1. The maximum absolute atomic E-state index is 12.7. The van der Waals surface area contributed by atoms with E-state index in [4.69, 9.17) is 0 Å². The molecule has 8 heteroatoms. The van der Waals surface area contributed by atoms with Gasteiger partial charge in [-0.3, -0.25) is 4.79 Å². The highest BCUT2D eigenvalue weighted by Crippen LogP contribution is 2.30. The van der Waals surface area contributed by atoms with Crippen LogP contribution in [0, 0.1) is 0 Å². The molecular weight excluding hydrogens is 309 g/mol. The van der Waals surface area contributed by atoms with Gasteiger partial charge >= 0.3 is 6.18 Å². The normalized spacial score (nSPS) is 18.4. The fourth-order valence-corrected chi connectivity index (χ4v) is 2.72. The second-order valence-corrected chi connectivity index (χ2v) is 5.51. The zero-order valence-corrected chi connectivity index (χ0v) is 12.2. The first kappa shape index (κ1) is 15.5. The van der Waals surface area contributed by atoms with Crippen LogP contribution in [0.2, 0.25) is 0 Å². The summed E-state index contributed by atoms with van der Waals surface area (Å²) in [5.41, 5.74) is -0.367. The summed E-state index contributed by atoms with van der Waals surface area (Å²) in [7, 11) is 0. The highest BCUT2D eigenvalue weighted by atomic mass is 19.4. The summed E-state index contributed by atoms with van der Waals surface area (Å²) in [6, 6.07) is 4.92. The minimum absolute atomic E-state index is 0.0236. The number of rotatable bonds is 3. The van der Waals surface area contributed by atoms with Crippen molar-refractivity contribution in [3.63, 3.8) is 0 Å². The van der Waals surface area contributed by atoms with Crippen molar-refractivity contribution < 1.29 is 18.0 Å². The quantitative estimate of drug-likeness (QED) is 0.870. The third kappa shape index (κ3) is 3.52. The standard InChI is InChI=1S/C15H15F3N4O/c16-15(17,18)12-3-1-2-11(8-12)9-14(23)21-7-4-13(10-21)22-19-5-6-20-22/h1-3,5-6,8,13H,4,7,9-10H2. The molecule has 1 aliphatic heterocycles. The molecule has 0 radical (unpaired) electrons. The second kappa shape index (κ2) is 6.02. The Balaban J connectivity index is 1.64. The number of halogens is 3. The molecule has 1 fully saturated rings. The van der Waals surface area contributed by atoms with Gasteiger partial charge in [0.25, 0.3) is 0 Å². The molecule has 0 spiro atoms. The van der Waals surface area contributed by atoms with Crippen LogP contribution in [0.3, 0.4) is 0 Å². The summed E-state index contributed by atoms with van der Waals surface area (Å²) in [6.45, 7) is 1.04. The minimum atomic E-state index is -4.40. The number of amides is 1. The molecule has 1 amide bonds. The second-order valence-electron chi connectivity index (χ2n) is 5.51. The van der Waals surface area contributed by atoms with Crippen LogP contribution in [0.1, 0.15) is 23.6 Å². The predicted molar refractivity (Wildman–Crippen MR) is 75.4 cm³/mol. The molecule has 2 heterocycles. The third-order valence-electron chi connectivity index (χ3n) is 3.89. The van der Waals surface area contributed by atoms with Crippen LogP contribution < -0.4 is 0 Å². The maximum atomic E-state index is 12.7. The molecule has 5 nitrogen and oxygen atoms in total. The number of carbonyl (C=O) groups is 1. The van der Waals surface area contributed by atoms with E-state index < -0.39 is 11.7 Å². The average molecular weight is 324 g/mol. The van der Waals surface area contributed by atoms with Gasteiger partial charge in [0.2, 0.25) is 5.91 Å². The van der Waals surface area contributed by atoms with Gasteiger partial charge < -0.3 is 4.90 Å². The first-order valence-electron chi connectivity index (χ1n) is 7.23. The maximum Gasteiger partial charge on any atom is 0.416 e. The fourth-order valence-electron chi connectivity index (χ4n) is 2.72. The van der Waals surface area contributed by atoms with Gasteiger partial charge in [-0.1, -0.05) is 18.2 Å². The summed E-state index contributed by atoms with van der Waals surface area (Å²) in [5.74, 6) is -0.181. The van der Waals surface area contributed by atoms with Gasteiger partial charge in [-0.05, 0) is 18.1 Å². The molecule has 1 aromatic heterocycles. The molecule has 23 heavy (non-hydrogen) atoms. The summed E-state index contributed by atoms with van der Waals surface area (Å²) in [5, 5.41) is 8.11. The summed E-state index contributed by atoms with van der Waals surface area (Å²) < 4.78 is 38.1. The van der Waals surface area contributed by atoms with Crippen molar-refractivity contribution in [1.82, 2.24) is 19.9 Å². The van der Waals surface area contributed by atoms with Crippen molar-refractivity contribution in [1.29, 1.82) is 0 Å². The zero-order valence-electron chi connectivity index (χ0n) is 12.2. The number of carbonyl (C=O) groups excluding carboxylic acids is 1. The Kier molecular flexibility index (Phi) is 4.06. The monoisotopic (exact) mass is 324 g/mol. The molecular formula is C15H15F3N4O. The number of aromatic nitrogens is 3. The molecule has 0 saturated carbocycles. The molecule has 1 saturated heterocycles. The van der Waals surface area contributed by atoms with E-state index in [-0.39, 0.29) is 18.4 Å². The lowest BCUT2D eigenvalue weighted by Crippen LogP contribution is -2.30. The van der Waals surface area contributed by atoms with Crippen LogP contribution in [0.5, 0.6) is 0 Å². The Morgan fingerprint density at radius 2 is 2.00 bits per heavy atom. The van der Waals surface area contributed by atoms with Gasteiger partial charge in [-0.2, -0.15) is 28.2 Å². The Labute approximate surface area is 130 Å². The Morgan fingerprint density at radius 1 is 1.26 bits per heavy atom. The van der Waals surface area contributed by atoms with E-state index in [0.717, 1.165) is 18.6 Å². The van der Waals surface area contributed by atoms with Crippen molar-refractivity contribution in [2.24, 2.45) is 0 Å². The van der Waals surface area contributed by atoms with E-state index in [1.165, 1.54) is 12.1 Å². The van der Waals surface area contributed by atoms with Crippen LogP contribution in [0.15, 0.2) is 36.7 Å². The number of benzene rings is 1. The van der Waals surface area contributed by atoms with E-state index >= 15 is 0 Å². The van der Waals surface area contributed by atoms with E-state index in [1.807, 2.05) is 0 Å². The largest absolute Gasteiger partial charge is 0.416 e. The molecule has 2 aromatic rings. The lowest BCUT2D eigenvalue weighted by Gasteiger charge is -2.17. The number of likely N-dealkylation sites (tertiary alicyclic amines) is 1. The molecule has 0 aliphatic carbocycles. The van der Waals surface area contributed by atoms with Crippen LogP contribution >= 0.6 is 0 Å². The van der Waals surface area contributed by atoms with Gasteiger partial charge in [0.05, 0.1) is 30.4 Å². The highest BCUT2D eigenvalue weighted by Gasteiger charge is 2.31. The van der Waals surface area contributed by atoms with E-state index in [9.17, 15) is 18.0 Å². The van der Waals surface area contributed by atoms with Crippen LogP contribution in [-0.2, 0) is 17.4 Å². The minimum Gasteiger partial charge on any atom is -0.340 e. The van der Waals surface area contributed by atoms with Gasteiger partial charge in [-0.15, -0.1) is 0 Å². The summed E-state index contributed by atoms with van der Waals surface area (Å²) >= 11 is 0. The summed E-state index contributed by atoms with van der Waals surface area (Å²) in [6.07, 6.45) is -0.546. The first-order valence-corrected chi connectivity index (χ1v) is 7.23. The fraction of sp³-hybridized carbons (Fsp3) is 0.400. The van der Waals surface area contributed by atoms with Crippen molar-refractivity contribution in [3.05, 3.63) is 47.8 Å². The topological polar surface area (TPSA) is 51.0 Å². The van der Waals surface area contributed by atoms with Crippen LogP contribution in [0.4, 0.5) is 13.2 Å². The van der Waals surface area contributed by atoms with Gasteiger partial charge in [0.15, 0.2) is 0 Å². The molecule has 1 atom stereocenters. The molecule has 0 N–H and O–H groups in total. The Bertz CT molecular complexity index is 684. The number of alkyl halides is 3. The molecule has 0 bridgehead atoms. The number of hydrogen-bond acceptors (Lipinski definition) is 3. The molecule has 122 valence electrons. The third-order valence-corrected chi connectivity index (χ3v) is 3.89. The molecule has 1 aliphatic rings. The lowest BCUT2D eigenvalue weighted by molar-refractivity contribution is -0.138. The molecule has 1 aromatic carbocycles. The highest BCUT2D eigenvalue weighted by molar-refractivity contribution is 5.79. The lowest BCUT2D eigenvalue weighted by atomic mass is 10.1. The van der Waals surface area contributed by atoms with E-state index in [1.54, 1.807) is 22.1 Å². The average Bonchev–Trinajstić information content (AvgIpc) is 3.18. The van der Waals surface area contributed by atoms with Crippen molar-refractivity contribution in [3.8, 4) is 0 Å². The van der Waals surface area contributed by atoms with Gasteiger partial charge in [0.1, 0.15) is 0 Å². The van der Waals surface area contributed by atoms with Crippen LogP contribution in [-0.4, -0.2) is 38.9 Å². The first-order chi connectivity index (χ1) is 10.9. The number of nitrogens with zero attached hydrogens (tertiary/aromatic N) is 4. The smallest absolute Gasteiger partial charge is 0.340 e. The van der Waals surface area contributed by atoms with Crippen molar-refractivity contribution >= 4 is 5.91 Å². The van der Waals surface area contributed by atoms with Gasteiger partial charge in [-0.25, -0.2) is 0 Å².